The third kappa shape index (κ3) is 3.61. The molecule has 0 aliphatic carbocycles. The van der Waals surface area contributed by atoms with Gasteiger partial charge in [-0.15, -0.1) is 15.3 Å². The largest absolute Gasteiger partial charge is 0.475 e. The second-order valence-electron chi connectivity index (χ2n) is 5.55. The molecule has 3 aromatic heterocycles. The predicted octanol–water partition coefficient (Wildman–Crippen LogP) is 2.33. The van der Waals surface area contributed by atoms with Crippen LogP contribution < -0.4 is 10.1 Å². The zero-order valence-corrected chi connectivity index (χ0v) is 14.0. The highest BCUT2D eigenvalue weighted by molar-refractivity contribution is 5.91. The minimum Gasteiger partial charge on any atom is -0.475 e. The van der Waals surface area contributed by atoms with Gasteiger partial charge in [-0.3, -0.25) is 4.79 Å². The van der Waals surface area contributed by atoms with Gasteiger partial charge in [0, 0.05) is 11.6 Å². The molecule has 0 fully saturated rings. The zero-order valence-electron chi connectivity index (χ0n) is 14.0. The first kappa shape index (κ1) is 16.7. The van der Waals surface area contributed by atoms with E-state index in [-0.39, 0.29) is 30.6 Å². The summed E-state index contributed by atoms with van der Waals surface area (Å²) in [7, 11) is 0. The fraction of sp³-hybridized carbons (Fsp3) is 0.111. The van der Waals surface area contributed by atoms with Crippen molar-refractivity contribution >= 4 is 11.6 Å². The molecule has 3 heterocycles. The van der Waals surface area contributed by atoms with Crippen molar-refractivity contribution in [2.24, 2.45) is 0 Å². The van der Waals surface area contributed by atoms with E-state index in [0.29, 0.717) is 22.9 Å². The fourth-order valence-corrected chi connectivity index (χ4v) is 2.44. The van der Waals surface area contributed by atoms with E-state index < -0.39 is 0 Å². The number of hydrogen-bond donors (Lipinski definition) is 1. The van der Waals surface area contributed by atoms with E-state index in [1.54, 1.807) is 36.4 Å². The van der Waals surface area contributed by atoms with Gasteiger partial charge in [-0.1, -0.05) is 0 Å². The normalized spacial score (nSPS) is 10.9. The molecule has 0 saturated carbocycles. The van der Waals surface area contributed by atoms with Crippen molar-refractivity contribution in [1.29, 1.82) is 0 Å². The van der Waals surface area contributed by atoms with E-state index in [2.05, 4.69) is 20.6 Å². The van der Waals surface area contributed by atoms with Crippen molar-refractivity contribution in [3.8, 4) is 17.3 Å². The summed E-state index contributed by atoms with van der Waals surface area (Å²) in [5, 5.41) is 15.2. The molecule has 0 atom stereocenters. The summed E-state index contributed by atoms with van der Waals surface area (Å²) in [5.74, 6) is 0.410. The van der Waals surface area contributed by atoms with E-state index >= 15 is 0 Å². The highest BCUT2D eigenvalue weighted by Gasteiger charge is 2.11. The molecule has 0 bridgehead atoms. The second-order valence-corrected chi connectivity index (χ2v) is 5.55. The molecule has 136 valence electrons. The van der Waals surface area contributed by atoms with Crippen LogP contribution in [0, 0.1) is 5.82 Å². The van der Waals surface area contributed by atoms with Crippen LogP contribution >= 0.6 is 0 Å². The molecular formula is C18H14FN5O3. The Balaban J connectivity index is 1.43. The maximum atomic E-state index is 13.1. The number of nitrogens with zero attached hydrogens (tertiary/aromatic N) is 4. The molecule has 1 N–H and O–H groups in total. The van der Waals surface area contributed by atoms with Gasteiger partial charge in [0.1, 0.15) is 12.4 Å². The van der Waals surface area contributed by atoms with Crippen LogP contribution in [-0.4, -0.2) is 38.9 Å². The summed E-state index contributed by atoms with van der Waals surface area (Å²) < 4.78 is 25.2. The number of rotatable bonds is 6. The Morgan fingerprint density at radius 1 is 1.15 bits per heavy atom. The van der Waals surface area contributed by atoms with Crippen molar-refractivity contribution < 1.29 is 18.3 Å². The molecule has 0 aliphatic rings. The van der Waals surface area contributed by atoms with Crippen molar-refractivity contribution in [2.45, 2.75) is 0 Å². The number of aromatic nitrogens is 4. The Morgan fingerprint density at radius 3 is 2.78 bits per heavy atom. The number of furan rings is 1. The maximum Gasteiger partial charge on any atom is 0.287 e. The minimum atomic E-state index is -0.332. The SMILES string of the molecule is O=C(NCCOc1ccc2nnc(-c3ccc(F)cc3)n2n1)c1ccco1. The van der Waals surface area contributed by atoms with Crippen molar-refractivity contribution in [3.05, 3.63) is 66.4 Å². The highest BCUT2D eigenvalue weighted by Crippen LogP contribution is 2.19. The van der Waals surface area contributed by atoms with Gasteiger partial charge >= 0.3 is 0 Å². The van der Waals surface area contributed by atoms with Crippen LogP contribution in [0.2, 0.25) is 0 Å². The first-order valence-electron chi connectivity index (χ1n) is 8.13. The molecular weight excluding hydrogens is 353 g/mol. The maximum absolute atomic E-state index is 13.1. The molecule has 9 heteroatoms. The summed E-state index contributed by atoms with van der Waals surface area (Å²) in [4.78, 5) is 11.8. The Kier molecular flexibility index (Phi) is 4.48. The summed E-state index contributed by atoms with van der Waals surface area (Å²) >= 11 is 0. The van der Waals surface area contributed by atoms with Gasteiger partial charge in [-0.2, -0.15) is 4.52 Å². The van der Waals surface area contributed by atoms with E-state index in [4.69, 9.17) is 9.15 Å². The van der Waals surface area contributed by atoms with Crippen LogP contribution in [0.3, 0.4) is 0 Å². The molecule has 0 aliphatic heterocycles. The van der Waals surface area contributed by atoms with Crippen molar-refractivity contribution in [2.75, 3.05) is 13.2 Å². The monoisotopic (exact) mass is 367 g/mol. The van der Waals surface area contributed by atoms with Crippen LogP contribution in [0.15, 0.2) is 59.2 Å². The quantitative estimate of drug-likeness (QED) is 0.526. The van der Waals surface area contributed by atoms with Gasteiger partial charge in [-0.05, 0) is 42.5 Å². The van der Waals surface area contributed by atoms with E-state index in [1.165, 1.54) is 22.9 Å². The minimum absolute atomic E-state index is 0.221. The van der Waals surface area contributed by atoms with E-state index in [1.807, 2.05) is 0 Å². The van der Waals surface area contributed by atoms with Crippen LogP contribution in [0.4, 0.5) is 4.39 Å². The van der Waals surface area contributed by atoms with E-state index in [9.17, 15) is 9.18 Å². The second kappa shape index (κ2) is 7.24. The molecule has 0 radical (unpaired) electrons. The number of carbonyl (C=O) groups is 1. The van der Waals surface area contributed by atoms with Gasteiger partial charge in [-0.25, -0.2) is 4.39 Å². The topological polar surface area (TPSA) is 94.5 Å². The number of benzene rings is 1. The lowest BCUT2D eigenvalue weighted by atomic mass is 10.2. The lowest BCUT2D eigenvalue weighted by Gasteiger charge is -2.07. The number of halogens is 1. The fourth-order valence-electron chi connectivity index (χ4n) is 2.44. The van der Waals surface area contributed by atoms with Gasteiger partial charge < -0.3 is 14.5 Å². The van der Waals surface area contributed by atoms with Crippen LogP contribution in [0.5, 0.6) is 5.88 Å². The van der Waals surface area contributed by atoms with Crippen molar-refractivity contribution in [3.63, 3.8) is 0 Å². The zero-order chi connectivity index (χ0) is 18.6. The Morgan fingerprint density at radius 2 is 2.00 bits per heavy atom. The average molecular weight is 367 g/mol. The first-order chi connectivity index (χ1) is 13.2. The molecule has 0 unspecified atom stereocenters. The van der Waals surface area contributed by atoms with E-state index in [0.717, 1.165) is 0 Å². The van der Waals surface area contributed by atoms with Gasteiger partial charge in [0.2, 0.25) is 5.88 Å². The average Bonchev–Trinajstić information content (AvgIpc) is 3.35. The number of hydrogen-bond acceptors (Lipinski definition) is 6. The first-order valence-corrected chi connectivity index (χ1v) is 8.13. The lowest BCUT2D eigenvalue weighted by molar-refractivity contribution is 0.0919. The highest BCUT2D eigenvalue weighted by atomic mass is 19.1. The Labute approximate surface area is 152 Å². The third-order valence-electron chi connectivity index (χ3n) is 3.72. The number of nitrogens with one attached hydrogen (secondary N) is 1. The smallest absolute Gasteiger partial charge is 0.287 e. The molecule has 4 rings (SSSR count). The summed E-state index contributed by atoms with van der Waals surface area (Å²) in [6.45, 7) is 0.505. The Hall–Kier alpha value is -3.75. The molecule has 1 aromatic carbocycles. The summed E-state index contributed by atoms with van der Waals surface area (Å²) in [5.41, 5.74) is 1.21. The molecule has 0 spiro atoms. The predicted molar refractivity (Wildman–Crippen MR) is 92.7 cm³/mol. The van der Waals surface area contributed by atoms with Crippen molar-refractivity contribution in [1.82, 2.24) is 25.1 Å². The molecule has 1 amide bonds. The van der Waals surface area contributed by atoms with Gasteiger partial charge in [0.05, 0.1) is 12.8 Å². The van der Waals surface area contributed by atoms with Gasteiger partial charge in [0.15, 0.2) is 17.2 Å². The molecule has 8 nitrogen and oxygen atoms in total. The standard InChI is InChI=1S/C18H14FN5O3/c19-13-5-3-12(4-6-13)17-22-21-15-7-8-16(23-24(15)17)27-11-9-20-18(25)14-2-1-10-26-14/h1-8,10H,9,11H2,(H,20,25). The lowest BCUT2D eigenvalue weighted by Crippen LogP contribution is -2.27. The number of amides is 1. The van der Waals surface area contributed by atoms with Gasteiger partial charge in [0.25, 0.3) is 5.91 Å². The van der Waals surface area contributed by atoms with Crippen LogP contribution in [0.25, 0.3) is 17.0 Å². The molecule has 0 saturated heterocycles. The molecule has 27 heavy (non-hydrogen) atoms. The number of ether oxygens (including phenoxy) is 1. The third-order valence-corrected chi connectivity index (χ3v) is 3.72. The summed E-state index contributed by atoms with van der Waals surface area (Å²) in [6, 6.07) is 12.5. The van der Waals surface area contributed by atoms with Crippen LogP contribution in [0.1, 0.15) is 10.6 Å². The molecule has 4 aromatic rings. The number of carbonyl (C=O) groups excluding carboxylic acids is 1. The Bertz CT molecular complexity index is 1060. The number of fused-ring (bicyclic) bond motifs is 1. The van der Waals surface area contributed by atoms with Crippen LogP contribution in [-0.2, 0) is 0 Å². The summed E-state index contributed by atoms with van der Waals surface area (Å²) in [6.07, 6.45) is 1.43.